The fraction of sp³-hybridized carbons (Fsp3) is 0.677. The number of rotatable bonds is 19. The number of benzene rings is 2. The van der Waals surface area contributed by atoms with Crippen molar-refractivity contribution in [1.29, 1.82) is 0 Å². The highest BCUT2D eigenvalue weighted by Crippen LogP contribution is 2.49. The Kier molecular flexibility index (Phi) is 19.0. The third-order valence-corrected chi connectivity index (χ3v) is 18.4. The van der Waals surface area contributed by atoms with Crippen LogP contribution in [0.1, 0.15) is 174 Å². The van der Waals surface area contributed by atoms with Gasteiger partial charge in [-0.05, 0) is 191 Å². The largest absolute Gasteiger partial charge is 0.490 e. The van der Waals surface area contributed by atoms with Gasteiger partial charge in [0.25, 0.3) is 0 Å². The van der Waals surface area contributed by atoms with E-state index in [9.17, 15) is 0 Å². The average Bonchev–Trinajstić information content (AvgIpc) is 3.37. The lowest BCUT2D eigenvalue weighted by Crippen LogP contribution is -2.40. The first-order valence-corrected chi connectivity index (χ1v) is 28.1. The van der Waals surface area contributed by atoms with E-state index in [1.807, 2.05) is 6.08 Å². The molecule has 10 unspecified atom stereocenters. The van der Waals surface area contributed by atoms with Crippen LogP contribution >= 0.6 is 0 Å². The van der Waals surface area contributed by atoms with Crippen molar-refractivity contribution in [2.45, 2.75) is 168 Å². The topological polar surface area (TPSA) is 27.7 Å². The molecule has 4 saturated carbocycles. The van der Waals surface area contributed by atoms with Crippen LogP contribution in [0.3, 0.4) is 0 Å². The van der Waals surface area contributed by atoms with Crippen LogP contribution in [-0.4, -0.2) is 19.8 Å². The number of halogens is 4. The molecule has 0 heterocycles. The molecule has 10 atom stereocenters. The monoisotopic (exact) mass is 955 g/mol. The molecule has 8 rings (SSSR count). The lowest BCUT2D eigenvalue weighted by atomic mass is 9.60. The first kappa shape index (κ1) is 51.9. The van der Waals surface area contributed by atoms with E-state index in [0.29, 0.717) is 66.8 Å². The molecule has 0 bridgehead atoms. The van der Waals surface area contributed by atoms with Crippen molar-refractivity contribution < 1.29 is 31.8 Å². The molecule has 0 radical (unpaired) electrons. The number of ether oxygens (including phenoxy) is 3. The number of hydrogen-bond donors (Lipinski definition) is 0. The molecule has 0 amide bonds. The molecule has 6 aliphatic rings. The fourth-order valence-electron chi connectivity index (χ4n) is 14.0. The normalized spacial score (nSPS) is 34.1. The summed E-state index contributed by atoms with van der Waals surface area (Å²) >= 11 is 0. The summed E-state index contributed by atoms with van der Waals surface area (Å²) in [7, 11) is 0. The van der Waals surface area contributed by atoms with Crippen molar-refractivity contribution in [1.82, 2.24) is 0 Å². The van der Waals surface area contributed by atoms with Gasteiger partial charge in [0.05, 0.1) is 19.8 Å². The van der Waals surface area contributed by atoms with Crippen LogP contribution in [0.4, 0.5) is 17.6 Å². The highest BCUT2D eigenvalue weighted by molar-refractivity contribution is 5.36. The maximum absolute atomic E-state index is 15.8. The maximum atomic E-state index is 15.8. The van der Waals surface area contributed by atoms with Gasteiger partial charge >= 0.3 is 0 Å². The number of allylic oxidation sites excluding steroid dienone is 6. The Morgan fingerprint density at radius 2 is 1.20 bits per heavy atom. The Labute approximate surface area is 414 Å². The molecule has 0 spiro atoms. The Bertz CT molecular complexity index is 2030. The van der Waals surface area contributed by atoms with Gasteiger partial charge in [0.1, 0.15) is 0 Å². The van der Waals surface area contributed by atoms with E-state index in [2.05, 4.69) is 63.8 Å². The van der Waals surface area contributed by atoms with Crippen LogP contribution < -0.4 is 14.2 Å². The van der Waals surface area contributed by atoms with Crippen LogP contribution in [0.2, 0.25) is 0 Å². The van der Waals surface area contributed by atoms with Gasteiger partial charge < -0.3 is 14.2 Å². The molecule has 7 heteroatoms. The molecule has 3 nitrogen and oxygen atoms in total. The van der Waals surface area contributed by atoms with Crippen molar-refractivity contribution in [3.05, 3.63) is 102 Å². The van der Waals surface area contributed by atoms with Gasteiger partial charge in [-0.1, -0.05) is 114 Å². The maximum Gasteiger partial charge on any atom is 0.204 e. The lowest BCUT2D eigenvalue weighted by molar-refractivity contribution is 0.0127. The second-order valence-electron chi connectivity index (χ2n) is 23.3. The summed E-state index contributed by atoms with van der Waals surface area (Å²) in [6.07, 6.45) is 40.6. The molecule has 4 fully saturated rings. The second-order valence-corrected chi connectivity index (χ2v) is 23.3. The SMILES string of the molecule is C=CCCC1CCC(COc2ccc(C3C=CC(/C=C/C4CCC(C)CC4)CC3)c(F)c2F)CC1C1CC(C)CCC1COc1ccc(OCC2C=CC(C3CCC(CCC)CC3)CC2)c(F)c1F. The predicted molar refractivity (Wildman–Crippen MR) is 274 cm³/mol. The summed E-state index contributed by atoms with van der Waals surface area (Å²) in [5.74, 6) is 2.53. The highest BCUT2D eigenvalue weighted by atomic mass is 19.2. The zero-order chi connectivity index (χ0) is 48.3. The smallest absolute Gasteiger partial charge is 0.204 e. The third-order valence-electron chi connectivity index (χ3n) is 18.4. The van der Waals surface area contributed by atoms with Crippen LogP contribution in [0.5, 0.6) is 17.2 Å². The fourth-order valence-corrected chi connectivity index (χ4v) is 14.0. The van der Waals surface area contributed by atoms with Gasteiger partial charge in [0.15, 0.2) is 23.1 Å². The Morgan fingerprint density at radius 1 is 0.551 bits per heavy atom. The van der Waals surface area contributed by atoms with E-state index >= 15 is 17.6 Å². The minimum Gasteiger partial charge on any atom is -0.490 e. The first-order chi connectivity index (χ1) is 33.6. The minimum atomic E-state index is -0.988. The van der Waals surface area contributed by atoms with Gasteiger partial charge in [-0.3, -0.25) is 0 Å². The van der Waals surface area contributed by atoms with E-state index < -0.39 is 23.3 Å². The van der Waals surface area contributed by atoms with E-state index in [1.54, 1.807) is 12.1 Å². The Hall–Kier alpha value is -3.48. The van der Waals surface area contributed by atoms with Gasteiger partial charge in [-0.15, -0.1) is 6.58 Å². The summed E-state index contributed by atoms with van der Waals surface area (Å²) in [6, 6.07) is 6.41. The summed E-state index contributed by atoms with van der Waals surface area (Å²) < 4.78 is 81.1. The molecule has 6 aliphatic carbocycles. The van der Waals surface area contributed by atoms with Crippen molar-refractivity contribution in [2.24, 2.45) is 76.9 Å². The molecule has 380 valence electrons. The molecule has 69 heavy (non-hydrogen) atoms. The molecule has 0 saturated heterocycles. The quantitative estimate of drug-likeness (QED) is 0.104. The summed E-state index contributed by atoms with van der Waals surface area (Å²) in [6.45, 7) is 12.0. The molecule has 0 aromatic heterocycles. The van der Waals surface area contributed by atoms with Gasteiger partial charge in [-0.25, -0.2) is 4.39 Å². The summed E-state index contributed by atoms with van der Waals surface area (Å²) in [5.41, 5.74) is 0.407. The van der Waals surface area contributed by atoms with E-state index in [-0.39, 0.29) is 40.9 Å². The second kappa shape index (κ2) is 25.3. The zero-order valence-corrected chi connectivity index (χ0v) is 42.6. The molecular weight excluding hydrogens is 869 g/mol. The van der Waals surface area contributed by atoms with E-state index in [1.165, 1.54) is 76.3 Å². The molecular formula is C62H86F4O3. The molecule has 2 aromatic carbocycles. The zero-order valence-electron chi connectivity index (χ0n) is 42.6. The molecule has 0 aliphatic heterocycles. The van der Waals surface area contributed by atoms with Crippen LogP contribution in [0, 0.1) is 100 Å². The van der Waals surface area contributed by atoms with E-state index in [0.717, 1.165) is 94.8 Å². The van der Waals surface area contributed by atoms with Gasteiger partial charge in [0, 0.05) is 11.8 Å². The lowest BCUT2D eigenvalue weighted by Gasteiger charge is -2.46. The highest BCUT2D eigenvalue weighted by Gasteiger charge is 2.42. The summed E-state index contributed by atoms with van der Waals surface area (Å²) in [5, 5.41) is 0. The van der Waals surface area contributed by atoms with Crippen LogP contribution in [0.25, 0.3) is 0 Å². The van der Waals surface area contributed by atoms with Crippen LogP contribution in [-0.2, 0) is 0 Å². The Balaban J connectivity index is 0.842. The third kappa shape index (κ3) is 13.7. The van der Waals surface area contributed by atoms with Crippen molar-refractivity contribution in [2.75, 3.05) is 19.8 Å². The van der Waals surface area contributed by atoms with Gasteiger partial charge in [-0.2, -0.15) is 13.2 Å². The van der Waals surface area contributed by atoms with Crippen LogP contribution in [0.15, 0.2) is 73.4 Å². The standard InChI is InChI=1S/C62H86F4O3/c1-5-7-9-50-31-23-47(39-68-56-33-32-53(59(63)60(56)64)51-29-19-45(20-30-51)16-15-44-13-10-41(3)11-14-44)37-55(50)54-36-42(4)12-24-52(54)40-69-58-35-34-57(61(65)62(58)66)67-38-46-21-27-49(28-22-46)48-25-17-43(8-6-2)18-26-48/h5,15-16,19,21,27,29,32-35,41-52,54-55H,1,6-14,17-18,20,22-26,28,30-31,36-40H2,2-4H3/b16-15+. The molecule has 0 N–H and O–H groups in total. The molecule has 2 aromatic rings. The average molecular weight is 955 g/mol. The minimum absolute atomic E-state index is 0.0126. The van der Waals surface area contributed by atoms with Crippen molar-refractivity contribution in [3.8, 4) is 17.2 Å². The van der Waals surface area contributed by atoms with Crippen molar-refractivity contribution >= 4 is 0 Å². The first-order valence-electron chi connectivity index (χ1n) is 28.1. The van der Waals surface area contributed by atoms with E-state index in [4.69, 9.17) is 14.2 Å². The summed E-state index contributed by atoms with van der Waals surface area (Å²) in [4.78, 5) is 0. The van der Waals surface area contributed by atoms with Gasteiger partial charge in [0.2, 0.25) is 17.5 Å². The van der Waals surface area contributed by atoms with Crippen molar-refractivity contribution in [3.63, 3.8) is 0 Å². The predicted octanol–water partition coefficient (Wildman–Crippen LogP) is 17.8. The Morgan fingerprint density at radius 3 is 1.88 bits per heavy atom. The number of hydrogen-bond acceptors (Lipinski definition) is 3.